The fourth-order valence-corrected chi connectivity index (χ4v) is 4.56. The molecular formula is C23H30N2O3S. The molecule has 2 aromatic rings. The maximum atomic E-state index is 13.4. The van der Waals surface area contributed by atoms with Crippen LogP contribution in [0, 0.1) is 0 Å². The van der Waals surface area contributed by atoms with Crippen molar-refractivity contribution in [2.45, 2.75) is 50.6 Å². The number of nitrogens with zero attached hydrogens (tertiary/aromatic N) is 1. The third kappa shape index (κ3) is 6.15. The maximum Gasteiger partial charge on any atom is 0.247 e. The molecule has 1 saturated carbocycles. The van der Waals surface area contributed by atoms with E-state index < -0.39 is 6.04 Å². The van der Waals surface area contributed by atoms with Gasteiger partial charge in [-0.25, -0.2) is 0 Å². The van der Waals surface area contributed by atoms with Crippen LogP contribution in [-0.2, 0) is 20.7 Å². The van der Waals surface area contributed by atoms with Gasteiger partial charge in [-0.2, -0.15) is 11.3 Å². The molecule has 29 heavy (non-hydrogen) atoms. The standard InChI is InChI=1S/C23H30N2O3S/c1-28-14-13-25(21(26)16-18-12-15-29-17-18)22(19-8-4-2-5-9-19)23(27)24-20-10-6-3-7-11-20/h2,4-5,8-9,12,15,17,20,22H,3,6-7,10-11,13-14,16H2,1H3,(H,24,27). The Balaban J connectivity index is 1.84. The molecule has 1 heterocycles. The van der Waals surface area contributed by atoms with Crippen molar-refractivity contribution in [2.75, 3.05) is 20.3 Å². The fourth-order valence-electron chi connectivity index (χ4n) is 3.89. The number of amides is 2. The molecule has 1 atom stereocenters. The number of nitrogens with one attached hydrogen (secondary N) is 1. The van der Waals surface area contributed by atoms with E-state index >= 15 is 0 Å². The molecule has 3 rings (SSSR count). The minimum Gasteiger partial charge on any atom is -0.383 e. The van der Waals surface area contributed by atoms with Crippen molar-refractivity contribution in [1.29, 1.82) is 0 Å². The Labute approximate surface area is 177 Å². The second kappa shape index (κ2) is 11.1. The van der Waals surface area contributed by atoms with Crippen LogP contribution < -0.4 is 5.32 Å². The Morgan fingerprint density at radius 3 is 2.59 bits per heavy atom. The third-order valence-electron chi connectivity index (χ3n) is 5.42. The SMILES string of the molecule is COCCN(C(=O)Cc1ccsc1)C(C(=O)NC1CCCCC1)c1ccccc1. The van der Waals surface area contributed by atoms with E-state index in [1.807, 2.05) is 47.2 Å². The van der Waals surface area contributed by atoms with Gasteiger partial charge in [-0.05, 0) is 40.8 Å². The average molecular weight is 415 g/mol. The summed E-state index contributed by atoms with van der Waals surface area (Å²) in [6.45, 7) is 0.756. The van der Waals surface area contributed by atoms with Crippen LogP contribution in [0.2, 0.25) is 0 Å². The van der Waals surface area contributed by atoms with Gasteiger partial charge in [0.2, 0.25) is 11.8 Å². The normalized spacial score (nSPS) is 15.6. The number of carbonyl (C=O) groups is 2. The Morgan fingerprint density at radius 1 is 1.17 bits per heavy atom. The molecule has 1 fully saturated rings. The summed E-state index contributed by atoms with van der Waals surface area (Å²) < 4.78 is 5.25. The number of methoxy groups -OCH3 is 1. The number of carbonyl (C=O) groups excluding carboxylic acids is 2. The van der Waals surface area contributed by atoms with E-state index in [1.165, 1.54) is 6.42 Å². The van der Waals surface area contributed by atoms with Crippen LogP contribution in [0.15, 0.2) is 47.2 Å². The molecule has 5 nitrogen and oxygen atoms in total. The molecule has 0 spiro atoms. The van der Waals surface area contributed by atoms with Gasteiger partial charge in [-0.3, -0.25) is 9.59 Å². The van der Waals surface area contributed by atoms with Gasteiger partial charge >= 0.3 is 0 Å². The highest BCUT2D eigenvalue weighted by Gasteiger charge is 2.32. The lowest BCUT2D eigenvalue weighted by molar-refractivity contribution is -0.141. The highest BCUT2D eigenvalue weighted by molar-refractivity contribution is 7.08. The van der Waals surface area contributed by atoms with Gasteiger partial charge in [0.05, 0.1) is 13.0 Å². The first-order valence-corrected chi connectivity index (χ1v) is 11.3. The first kappa shape index (κ1) is 21.5. The molecule has 1 aliphatic rings. The van der Waals surface area contributed by atoms with Gasteiger partial charge in [0.1, 0.15) is 6.04 Å². The fraction of sp³-hybridized carbons (Fsp3) is 0.478. The molecule has 0 bridgehead atoms. The summed E-state index contributed by atoms with van der Waals surface area (Å²) >= 11 is 1.57. The van der Waals surface area contributed by atoms with Crippen molar-refractivity contribution in [2.24, 2.45) is 0 Å². The zero-order valence-corrected chi connectivity index (χ0v) is 17.8. The molecule has 1 aromatic carbocycles. The first-order valence-electron chi connectivity index (χ1n) is 10.3. The highest BCUT2D eigenvalue weighted by Crippen LogP contribution is 2.25. The summed E-state index contributed by atoms with van der Waals surface area (Å²) in [6, 6.07) is 11.1. The second-order valence-electron chi connectivity index (χ2n) is 7.55. The van der Waals surface area contributed by atoms with Crippen molar-refractivity contribution in [3.8, 4) is 0 Å². The van der Waals surface area contributed by atoms with E-state index in [9.17, 15) is 9.59 Å². The Bertz CT molecular complexity index is 758. The minimum absolute atomic E-state index is 0.0619. The van der Waals surface area contributed by atoms with Crippen LogP contribution in [0.5, 0.6) is 0 Å². The summed E-state index contributed by atoms with van der Waals surface area (Å²) in [7, 11) is 1.61. The molecule has 1 aromatic heterocycles. The van der Waals surface area contributed by atoms with Crippen LogP contribution in [0.4, 0.5) is 0 Å². The van der Waals surface area contributed by atoms with Crippen molar-refractivity contribution in [1.82, 2.24) is 10.2 Å². The quantitative estimate of drug-likeness (QED) is 0.676. The molecule has 2 amide bonds. The molecule has 1 N–H and O–H groups in total. The Morgan fingerprint density at radius 2 is 1.93 bits per heavy atom. The average Bonchev–Trinajstić information content (AvgIpc) is 3.25. The monoisotopic (exact) mass is 414 g/mol. The van der Waals surface area contributed by atoms with E-state index in [-0.39, 0.29) is 24.3 Å². The summed E-state index contributed by atoms with van der Waals surface area (Å²) in [4.78, 5) is 28.3. The second-order valence-corrected chi connectivity index (χ2v) is 8.33. The zero-order chi connectivity index (χ0) is 20.5. The molecule has 156 valence electrons. The summed E-state index contributed by atoms with van der Waals surface area (Å²) in [5.41, 5.74) is 1.80. The van der Waals surface area contributed by atoms with Crippen molar-refractivity contribution in [3.05, 3.63) is 58.3 Å². The number of benzene rings is 1. The van der Waals surface area contributed by atoms with Gasteiger partial charge in [-0.1, -0.05) is 49.6 Å². The molecule has 1 aliphatic carbocycles. The zero-order valence-electron chi connectivity index (χ0n) is 17.0. The number of hydrogen-bond acceptors (Lipinski definition) is 4. The Kier molecular flexibility index (Phi) is 8.25. The number of thiophene rings is 1. The molecule has 0 radical (unpaired) electrons. The number of rotatable bonds is 9. The van der Waals surface area contributed by atoms with E-state index in [0.717, 1.165) is 36.8 Å². The van der Waals surface area contributed by atoms with Crippen LogP contribution in [0.3, 0.4) is 0 Å². The summed E-state index contributed by atoms with van der Waals surface area (Å²) in [6.07, 6.45) is 5.82. The van der Waals surface area contributed by atoms with Crippen molar-refractivity contribution in [3.63, 3.8) is 0 Å². The largest absolute Gasteiger partial charge is 0.383 e. The number of hydrogen-bond donors (Lipinski definition) is 1. The molecule has 6 heteroatoms. The lowest BCUT2D eigenvalue weighted by Gasteiger charge is -2.33. The first-order chi connectivity index (χ1) is 14.2. The van der Waals surface area contributed by atoms with Crippen LogP contribution >= 0.6 is 11.3 Å². The number of ether oxygens (including phenoxy) is 1. The highest BCUT2D eigenvalue weighted by atomic mass is 32.1. The van der Waals surface area contributed by atoms with Crippen LogP contribution in [0.25, 0.3) is 0 Å². The van der Waals surface area contributed by atoms with Crippen molar-refractivity contribution >= 4 is 23.2 Å². The topological polar surface area (TPSA) is 58.6 Å². The molecular weight excluding hydrogens is 384 g/mol. The predicted octanol–water partition coefficient (Wildman–Crippen LogP) is 3.96. The van der Waals surface area contributed by atoms with Crippen molar-refractivity contribution < 1.29 is 14.3 Å². The van der Waals surface area contributed by atoms with Gasteiger partial charge in [0.25, 0.3) is 0 Å². The summed E-state index contributed by atoms with van der Waals surface area (Å²) in [5.74, 6) is -0.161. The van der Waals surface area contributed by atoms with Gasteiger partial charge < -0.3 is 15.0 Å². The van der Waals surface area contributed by atoms with Crippen LogP contribution in [0.1, 0.15) is 49.3 Å². The Hall–Kier alpha value is -2.18. The minimum atomic E-state index is -0.653. The van der Waals surface area contributed by atoms with Gasteiger partial charge in [0, 0.05) is 19.7 Å². The lowest BCUT2D eigenvalue weighted by Crippen LogP contribution is -2.48. The lowest BCUT2D eigenvalue weighted by atomic mass is 9.94. The van der Waals surface area contributed by atoms with E-state index in [4.69, 9.17) is 4.74 Å². The third-order valence-corrected chi connectivity index (χ3v) is 6.15. The summed E-state index contributed by atoms with van der Waals surface area (Å²) in [5, 5.41) is 7.16. The van der Waals surface area contributed by atoms with Crippen LogP contribution in [-0.4, -0.2) is 43.0 Å². The molecule has 1 unspecified atom stereocenters. The molecule has 0 saturated heterocycles. The van der Waals surface area contributed by atoms with E-state index in [0.29, 0.717) is 13.2 Å². The predicted molar refractivity (Wildman–Crippen MR) is 116 cm³/mol. The van der Waals surface area contributed by atoms with E-state index in [1.54, 1.807) is 23.3 Å². The molecule has 0 aliphatic heterocycles. The van der Waals surface area contributed by atoms with Gasteiger partial charge in [-0.15, -0.1) is 0 Å². The maximum absolute atomic E-state index is 13.4. The smallest absolute Gasteiger partial charge is 0.247 e. The van der Waals surface area contributed by atoms with E-state index in [2.05, 4.69) is 5.32 Å². The van der Waals surface area contributed by atoms with Gasteiger partial charge in [0.15, 0.2) is 0 Å².